The van der Waals surface area contributed by atoms with E-state index < -0.39 is 0 Å². The van der Waals surface area contributed by atoms with Crippen molar-refractivity contribution in [1.29, 1.82) is 0 Å². The van der Waals surface area contributed by atoms with Gasteiger partial charge < -0.3 is 29.0 Å². The minimum atomic E-state index is -0.184. The van der Waals surface area contributed by atoms with Crippen molar-refractivity contribution in [2.24, 2.45) is 17.8 Å². The molecule has 8 nitrogen and oxygen atoms in total. The van der Waals surface area contributed by atoms with Gasteiger partial charge in [-0.1, -0.05) is 100 Å². The maximum atomic E-state index is 12.8. The van der Waals surface area contributed by atoms with Gasteiger partial charge in [-0.05, 0) is 61.3 Å². The lowest BCUT2D eigenvalue weighted by molar-refractivity contribution is -0.145. The number of rotatable bonds is 26. The first-order valence-corrected chi connectivity index (χ1v) is 19.6. The fourth-order valence-electron chi connectivity index (χ4n) is 5.69. The second-order valence-electron chi connectivity index (χ2n) is 13.4. The van der Waals surface area contributed by atoms with Gasteiger partial charge in [-0.25, -0.2) is 0 Å². The molecule has 1 N–H and O–H groups in total. The fraction of sp³-hybridized carbons (Fsp3) is 0.825. The largest absolute Gasteiger partial charge is 0.489 e. The van der Waals surface area contributed by atoms with E-state index in [1.807, 2.05) is 26.0 Å². The molecule has 0 amide bonds. The Labute approximate surface area is 295 Å². The van der Waals surface area contributed by atoms with Gasteiger partial charge in [-0.15, -0.1) is 0 Å². The van der Waals surface area contributed by atoms with Crippen molar-refractivity contribution in [2.75, 3.05) is 65.7 Å². The Morgan fingerprint density at radius 3 is 1.77 bits per heavy atom. The van der Waals surface area contributed by atoms with E-state index in [1.165, 1.54) is 25.7 Å². The van der Waals surface area contributed by atoms with Gasteiger partial charge >= 0.3 is 5.97 Å². The van der Waals surface area contributed by atoms with Crippen molar-refractivity contribution < 1.29 is 28.8 Å². The molecule has 8 heteroatoms. The number of hydrogen-bond acceptors (Lipinski definition) is 8. The van der Waals surface area contributed by atoms with E-state index in [0.29, 0.717) is 61.2 Å². The van der Waals surface area contributed by atoms with Crippen LogP contribution in [-0.2, 0) is 16.1 Å². The number of aliphatic hydroxyl groups excluding tert-OH is 1. The third-order valence-electron chi connectivity index (χ3n) is 9.46. The molecule has 1 aliphatic rings. The van der Waals surface area contributed by atoms with Gasteiger partial charge in [0.2, 0.25) is 5.75 Å². The monoisotopic (exact) mass is 679 g/mol. The van der Waals surface area contributed by atoms with Crippen LogP contribution in [0, 0.1) is 17.8 Å². The SMILES string of the molecule is CC.CCCCC(CC)COc1cc(COC(=O)CCCN2CCN(CCO)CC2)cc(OCC(C)CC)c1OCC(CC)CCCC. The smallest absolute Gasteiger partial charge is 0.306 e. The zero-order valence-electron chi connectivity index (χ0n) is 32.3. The van der Waals surface area contributed by atoms with Gasteiger partial charge in [-0.2, -0.15) is 0 Å². The Balaban J connectivity index is 0.00000565. The molecule has 280 valence electrons. The predicted molar refractivity (Wildman–Crippen MR) is 199 cm³/mol. The number of aliphatic hydroxyl groups is 1. The molecule has 0 saturated carbocycles. The third kappa shape index (κ3) is 18.1. The van der Waals surface area contributed by atoms with Gasteiger partial charge in [0.05, 0.1) is 26.4 Å². The highest BCUT2D eigenvalue weighted by Gasteiger charge is 2.21. The zero-order valence-corrected chi connectivity index (χ0v) is 32.3. The quantitative estimate of drug-likeness (QED) is 0.0975. The molecule has 1 fully saturated rings. The number of nitrogens with zero attached hydrogens (tertiary/aromatic N) is 2. The minimum absolute atomic E-state index is 0.177. The molecule has 3 atom stereocenters. The van der Waals surface area contributed by atoms with Crippen LogP contribution in [0.4, 0.5) is 0 Å². The first-order valence-electron chi connectivity index (χ1n) is 19.6. The standard InChI is InChI=1S/C38H68N2O6.C2H6/c1-7-12-15-32(10-4)28-44-36-26-34(30-45-37(42)17-14-18-39-19-21-40(22-20-39)23-24-41)25-35(43-27-31(6)9-3)38(36)46-29-33(11-5)16-13-8-2;1-2/h25-26,31-33,41H,7-24,27-30H2,1-6H3;1-2H3. The van der Waals surface area contributed by atoms with E-state index >= 15 is 0 Å². The molecule has 0 spiro atoms. The van der Waals surface area contributed by atoms with Gasteiger partial charge in [-0.3, -0.25) is 9.69 Å². The molecule has 0 radical (unpaired) electrons. The van der Waals surface area contributed by atoms with E-state index in [-0.39, 0.29) is 19.2 Å². The molecular weight excluding hydrogens is 604 g/mol. The first-order chi connectivity index (χ1) is 23.4. The first kappa shape index (κ1) is 44.0. The van der Waals surface area contributed by atoms with Crippen LogP contribution in [0.3, 0.4) is 0 Å². The Morgan fingerprint density at radius 1 is 0.750 bits per heavy atom. The summed E-state index contributed by atoms with van der Waals surface area (Å²) in [4.78, 5) is 17.4. The van der Waals surface area contributed by atoms with Crippen LogP contribution < -0.4 is 14.2 Å². The highest BCUT2D eigenvalue weighted by Crippen LogP contribution is 2.40. The highest BCUT2D eigenvalue weighted by molar-refractivity contribution is 5.69. The van der Waals surface area contributed by atoms with Crippen molar-refractivity contribution in [3.8, 4) is 17.2 Å². The topological polar surface area (TPSA) is 80.7 Å². The lowest BCUT2D eigenvalue weighted by Crippen LogP contribution is -2.47. The van der Waals surface area contributed by atoms with Crippen LogP contribution >= 0.6 is 0 Å². The van der Waals surface area contributed by atoms with Gasteiger partial charge in [0, 0.05) is 39.1 Å². The Hall–Kier alpha value is -2.03. The molecule has 2 rings (SSSR count). The highest BCUT2D eigenvalue weighted by atomic mass is 16.5. The number of ether oxygens (including phenoxy) is 4. The number of hydrogen-bond donors (Lipinski definition) is 1. The van der Waals surface area contributed by atoms with Crippen molar-refractivity contribution in [1.82, 2.24) is 9.80 Å². The number of esters is 1. The minimum Gasteiger partial charge on any atom is -0.489 e. The average molecular weight is 679 g/mol. The molecule has 48 heavy (non-hydrogen) atoms. The number of benzene rings is 1. The summed E-state index contributed by atoms with van der Waals surface area (Å²) in [6.45, 7) is 25.0. The predicted octanol–water partition coefficient (Wildman–Crippen LogP) is 8.76. The van der Waals surface area contributed by atoms with Crippen LogP contribution in [0.1, 0.15) is 132 Å². The van der Waals surface area contributed by atoms with Crippen molar-refractivity contribution in [2.45, 2.75) is 133 Å². The molecule has 1 heterocycles. The molecule has 3 unspecified atom stereocenters. The molecule has 0 aliphatic carbocycles. The van der Waals surface area contributed by atoms with Crippen LogP contribution in [0.25, 0.3) is 0 Å². The van der Waals surface area contributed by atoms with E-state index in [0.717, 1.165) is 83.4 Å². The molecule has 1 aromatic carbocycles. The Kier molecular flexibility index (Phi) is 25.4. The van der Waals surface area contributed by atoms with Crippen molar-refractivity contribution in [3.63, 3.8) is 0 Å². The maximum absolute atomic E-state index is 12.8. The molecule has 0 bridgehead atoms. The van der Waals surface area contributed by atoms with Crippen LogP contribution in [0.15, 0.2) is 12.1 Å². The molecule has 1 saturated heterocycles. The van der Waals surface area contributed by atoms with Gasteiger partial charge in [0.25, 0.3) is 0 Å². The van der Waals surface area contributed by atoms with E-state index in [9.17, 15) is 4.79 Å². The molecule has 1 aromatic rings. The number of carbonyl (C=O) groups is 1. The van der Waals surface area contributed by atoms with E-state index in [2.05, 4.69) is 51.3 Å². The van der Waals surface area contributed by atoms with E-state index in [4.69, 9.17) is 24.1 Å². The van der Waals surface area contributed by atoms with Crippen LogP contribution in [0.2, 0.25) is 0 Å². The van der Waals surface area contributed by atoms with Gasteiger partial charge in [0.1, 0.15) is 6.61 Å². The number of β-amino-alcohol motifs (C(OH)–C–C–N with tert-alkyl or cyclic N) is 1. The normalized spacial score (nSPS) is 15.6. The summed E-state index contributed by atoms with van der Waals surface area (Å²) in [7, 11) is 0. The number of carbonyl (C=O) groups excluding carboxylic acids is 1. The molecular formula is C40H74N2O6. The summed E-state index contributed by atoms with van der Waals surface area (Å²) in [5.41, 5.74) is 0.856. The molecule has 1 aliphatic heterocycles. The van der Waals surface area contributed by atoms with Crippen molar-refractivity contribution in [3.05, 3.63) is 17.7 Å². The second kappa shape index (κ2) is 27.8. The van der Waals surface area contributed by atoms with Gasteiger partial charge in [0.15, 0.2) is 11.5 Å². The molecule has 0 aromatic heterocycles. The summed E-state index contributed by atoms with van der Waals surface area (Å²) in [6, 6.07) is 3.97. The third-order valence-corrected chi connectivity index (χ3v) is 9.46. The average Bonchev–Trinajstić information content (AvgIpc) is 3.12. The van der Waals surface area contributed by atoms with E-state index in [1.54, 1.807) is 0 Å². The summed E-state index contributed by atoms with van der Waals surface area (Å²) < 4.78 is 25.3. The summed E-state index contributed by atoms with van der Waals surface area (Å²) in [5, 5.41) is 9.16. The van der Waals surface area contributed by atoms with Crippen LogP contribution in [0.5, 0.6) is 17.2 Å². The zero-order chi connectivity index (χ0) is 35.6. The Morgan fingerprint density at radius 2 is 1.27 bits per heavy atom. The lowest BCUT2D eigenvalue weighted by atomic mass is 10.0. The fourth-order valence-corrected chi connectivity index (χ4v) is 5.69. The Bertz CT molecular complexity index is 937. The number of piperazine rings is 1. The lowest BCUT2D eigenvalue weighted by Gasteiger charge is -2.34. The van der Waals surface area contributed by atoms with Crippen LogP contribution in [-0.4, -0.2) is 86.6 Å². The van der Waals surface area contributed by atoms with Crippen molar-refractivity contribution >= 4 is 5.97 Å². The maximum Gasteiger partial charge on any atom is 0.306 e. The number of unbranched alkanes of at least 4 members (excludes halogenated alkanes) is 2. The second-order valence-corrected chi connectivity index (χ2v) is 13.4. The summed E-state index contributed by atoms with van der Waals surface area (Å²) in [6.07, 6.45) is 11.4. The summed E-state index contributed by atoms with van der Waals surface area (Å²) in [5.74, 6) is 3.22. The summed E-state index contributed by atoms with van der Waals surface area (Å²) >= 11 is 0.